The number of aliphatic carboxylic acids is 1. The van der Waals surface area contributed by atoms with Crippen molar-refractivity contribution in [2.24, 2.45) is 0 Å². The monoisotopic (exact) mass is 282 g/mol. The molecule has 0 unspecified atom stereocenters. The molecule has 1 aromatic rings. The van der Waals surface area contributed by atoms with E-state index in [1.807, 2.05) is 6.07 Å². The first-order valence-corrected chi connectivity index (χ1v) is 6.31. The third-order valence-electron chi connectivity index (χ3n) is 3.57. The molecule has 0 heterocycles. The molecular weight excluding hydrogens is 268 g/mol. The average Bonchev–Trinajstić information content (AvgIpc) is 2.15. The molecule has 0 spiro atoms. The Labute approximate surface area is 104 Å². The number of aryl methyl sites for hydroxylation is 1. The molecule has 1 aromatic carbocycles. The molecule has 1 saturated carbocycles. The van der Waals surface area contributed by atoms with E-state index in [0.29, 0.717) is 0 Å². The van der Waals surface area contributed by atoms with Crippen molar-refractivity contribution in [2.75, 3.05) is 0 Å². The first-order valence-electron chi connectivity index (χ1n) is 5.52. The second kappa shape index (κ2) is 4.21. The Balaban J connectivity index is 2.39. The Morgan fingerprint density at radius 1 is 1.50 bits per heavy atom. The summed E-state index contributed by atoms with van der Waals surface area (Å²) in [4.78, 5) is 11.0. The van der Waals surface area contributed by atoms with Gasteiger partial charge in [-0.15, -0.1) is 0 Å². The standard InChI is InChI=1S/C13H15BrO2/c1-9-3-4-10(14)7-11(9)13(5-2-6-13)8-12(15)16/h3-4,7H,2,5-6,8H2,1H3,(H,15,16). The Bertz CT molecular complexity index is 422. The molecule has 0 atom stereocenters. The van der Waals surface area contributed by atoms with E-state index in [2.05, 4.69) is 35.0 Å². The molecule has 0 aromatic heterocycles. The molecule has 0 amide bonds. The van der Waals surface area contributed by atoms with E-state index in [-0.39, 0.29) is 11.8 Å². The molecule has 0 aliphatic heterocycles. The summed E-state index contributed by atoms with van der Waals surface area (Å²) >= 11 is 3.46. The minimum absolute atomic E-state index is 0.111. The summed E-state index contributed by atoms with van der Waals surface area (Å²) in [6.45, 7) is 2.06. The highest BCUT2D eigenvalue weighted by molar-refractivity contribution is 9.10. The van der Waals surface area contributed by atoms with Gasteiger partial charge in [-0.3, -0.25) is 4.79 Å². The van der Waals surface area contributed by atoms with E-state index in [4.69, 9.17) is 5.11 Å². The highest BCUT2D eigenvalue weighted by atomic mass is 79.9. The summed E-state index contributed by atoms with van der Waals surface area (Å²) in [6, 6.07) is 6.14. The fraction of sp³-hybridized carbons (Fsp3) is 0.462. The van der Waals surface area contributed by atoms with Crippen molar-refractivity contribution < 1.29 is 9.90 Å². The van der Waals surface area contributed by atoms with Crippen LogP contribution < -0.4 is 0 Å². The van der Waals surface area contributed by atoms with Crippen molar-refractivity contribution in [3.05, 3.63) is 33.8 Å². The number of rotatable bonds is 3. The number of hydrogen-bond donors (Lipinski definition) is 1. The van der Waals surface area contributed by atoms with Crippen LogP contribution in [0.3, 0.4) is 0 Å². The maximum atomic E-state index is 11.0. The predicted octanol–water partition coefficient (Wildman–Crippen LogP) is 3.65. The number of hydrogen-bond acceptors (Lipinski definition) is 1. The SMILES string of the molecule is Cc1ccc(Br)cc1C1(CC(=O)O)CCC1. The highest BCUT2D eigenvalue weighted by Crippen LogP contribution is 2.48. The van der Waals surface area contributed by atoms with Crippen LogP contribution in [0, 0.1) is 6.92 Å². The van der Waals surface area contributed by atoms with Crippen molar-refractivity contribution in [3.63, 3.8) is 0 Å². The summed E-state index contributed by atoms with van der Waals surface area (Å²) in [5.74, 6) is -0.695. The molecular formula is C13H15BrO2. The molecule has 16 heavy (non-hydrogen) atoms. The van der Waals surface area contributed by atoms with Gasteiger partial charge in [0, 0.05) is 9.89 Å². The zero-order valence-corrected chi connectivity index (χ0v) is 10.9. The molecule has 1 aliphatic rings. The fourth-order valence-electron chi connectivity index (χ4n) is 2.60. The molecule has 0 saturated heterocycles. The van der Waals surface area contributed by atoms with E-state index >= 15 is 0 Å². The second-order valence-electron chi connectivity index (χ2n) is 4.66. The molecule has 1 aliphatic carbocycles. The summed E-state index contributed by atoms with van der Waals surface area (Å²) in [5.41, 5.74) is 2.29. The number of carboxylic acid groups (broad SMARTS) is 1. The Morgan fingerprint density at radius 3 is 2.69 bits per heavy atom. The van der Waals surface area contributed by atoms with Crippen molar-refractivity contribution in [1.82, 2.24) is 0 Å². The molecule has 0 bridgehead atoms. The lowest BCUT2D eigenvalue weighted by Crippen LogP contribution is -2.37. The van der Waals surface area contributed by atoms with Crippen molar-refractivity contribution in [1.29, 1.82) is 0 Å². The maximum absolute atomic E-state index is 11.0. The smallest absolute Gasteiger partial charge is 0.304 e. The summed E-state index contributed by atoms with van der Waals surface area (Å²) < 4.78 is 1.03. The van der Waals surface area contributed by atoms with Gasteiger partial charge in [-0.1, -0.05) is 28.4 Å². The quantitative estimate of drug-likeness (QED) is 0.919. The largest absolute Gasteiger partial charge is 0.481 e. The van der Waals surface area contributed by atoms with E-state index in [1.165, 1.54) is 11.1 Å². The molecule has 2 nitrogen and oxygen atoms in total. The van der Waals surface area contributed by atoms with Crippen LogP contribution in [-0.4, -0.2) is 11.1 Å². The number of benzene rings is 1. The van der Waals surface area contributed by atoms with E-state index in [9.17, 15) is 4.79 Å². The van der Waals surface area contributed by atoms with Crippen LogP contribution in [0.2, 0.25) is 0 Å². The van der Waals surface area contributed by atoms with Gasteiger partial charge >= 0.3 is 5.97 Å². The lowest BCUT2D eigenvalue weighted by Gasteiger charge is -2.42. The molecule has 1 N–H and O–H groups in total. The topological polar surface area (TPSA) is 37.3 Å². The summed E-state index contributed by atoms with van der Waals surface area (Å²) in [6.07, 6.45) is 3.39. The minimum atomic E-state index is -0.695. The van der Waals surface area contributed by atoms with Crippen LogP contribution in [-0.2, 0) is 10.2 Å². The molecule has 0 radical (unpaired) electrons. The van der Waals surface area contributed by atoms with Crippen molar-refractivity contribution in [2.45, 2.75) is 38.0 Å². The molecule has 86 valence electrons. The summed E-state index contributed by atoms with van der Waals surface area (Å²) in [5, 5.41) is 9.02. The zero-order chi connectivity index (χ0) is 11.8. The van der Waals surface area contributed by atoms with E-state index < -0.39 is 5.97 Å². The third kappa shape index (κ3) is 2.01. The predicted molar refractivity (Wildman–Crippen MR) is 66.7 cm³/mol. The lowest BCUT2D eigenvalue weighted by molar-refractivity contribution is -0.139. The van der Waals surface area contributed by atoms with Crippen LogP contribution in [0.25, 0.3) is 0 Å². The zero-order valence-electron chi connectivity index (χ0n) is 9.29. The summed E-state index contributed by atoms with van der Waals surface area (Å²) in [7, 11) is 0. The van der Waals surface area contributed by atoms with Gasteiger partial charge in [0.1, 0.15) is 0 Å². The van der Waals surface area contributed by atoms with Gasteiger partial charge in [-0.25, -0.2) is 0 Å². The maximum Gasteiger partial charge on any atom is 0.304 e. The van der Waals surface area contributed by atoms with Crippen LogP contribution in [0.4, 0.5) is 0 Å². The molecule has 1 fully saturated rings. The fourth-order valence-corrected chi connectivity index (χ4v) is 2.96. The minimum Gasteiger partial charge on any atom is -0.481 e. The Hall–Kier alpha value is -0.830. The first-order chi connectivity index (χ1) is 7.53. The van der Waals surface area contributed by atoms with Crippen molar-refractivity contribution in [3.8, 4) is 0 Å². The highest BCUT2D eigenvalue weighted by Gasteiger charge is 2.41. The van der Waals surface area contributed by atoms with Gasteiger partial charge in [-0.2, -0.15) is 0 Å². The normalized spacial score (nSPS) is 17.9. The van der Waals surface area contributed by atoms with Gasteiger partial charge in [0.05, 0.1) is 6.42 Å². The first kappa shape index (κ1) is 11.6. The third-order valence-corrected chi connectivity index (χ3v) is 4.06. The molecule has 2 rings (SSSR count). The van der Waals surface area contributed by atoms with Gasteiger partial charge in [-0.05, 0) is 43.0 Å². The Morgan fingerprint density at radius 2 is 2.19 bits per heavy atom. The van der Waals surface area contributed by atoms with Gasteiger partial charge in [0.25, 0.3) is 0 Å². The van der Waals surface area contributed by atoms with Crippen LogP contribution in [0.1, 0.15) is 36.8 Å². The van der Waals surface area contributed by atoms with Gasteiger partial charge < -0.3 is 5.11 Å². The van der Waals surface area contributed by atoms with Crippen molar-refractivity contribution >= 4 is 21.9 Å². The lowest BCUT2D eigenvalue weighted by atomic mass is 9.61. The van der Waals surface area contributed by atoms with E-state index in [0.717, 1.165) is 23.7 Å². The molecule has 3 heteroatoms. The average molecular weight is 283 g/mol. The van der Waals surface area contributed by atoms with E-state index in [1.54, 1.807) is 0 Å². The van der Waals surface area contributed by atoms with Gasteiger partial charge in [0.2, 0.25) is 0 Å². The second-order valence-corrected chi connectivity index (χ2v) is 5.58. The number of carboxylic acids is 1. The Kier molecular flexibility index (Phi) is 3.06. The van der Waals surface area contributed by atoms with Crippen LogP contribution in [0.15, 0.2) is 22.7 Å². The number of carbonyl (C=O) groups is 1. The van der Waals surface area contributed by atoms with Crippen LogP contribution >= 0.6 is 15.9 Å². The van der Waals surface area contributed by atoms with Crippen LogP contribution in [0.5, 0.6) is 0 Å². The number of halogens is 1. The van der Waals surface area contributed by atoms with Gasteiger partial charge in [0.15, 0.2) is 0 Å².